The van der Waals surface area contributed by atoms with E-state index in [1.54, 1.807) is 0 Å². The van der Waals surface area contributed by atoms with E-state index in [0.717, 1.165) is 39.0 Å². The van der Waals surface area contributed by atoms with Crippen LogP contribution in [0.3, 0.4) is 0 Å². The average molecular weight is 581 g/mol. The van der Waals surface area contributed by atoms with Gasteiger partial charge in [-0.25, -0.2) is 4.39 Å². The predicted molar refractivity (Wildman–Crippen MR) is 166 cm³/mol. The Morgan fingerprint density at radius 1 is 1.15 bits per heavy atom. The van der Waals surface area contributed by atoms with Gasteiger partial charge in [0.05, 0.1) is 35.7 Å². The maximum absolute atomic E-state index is 15.3. The molecule has 2 fully saturated rings. The lowest BCUT2D eigenvalue weighted by Gasteiger charge is -2.46. The van der Waals surface area contributed by atoms with E-state index in [-0.39, 0.29) is 30.0 Å². The van der Waals surface area contributed by atoms with Crippen molar-refractivity contribution in [3.05, 3.63) is 0 Å². The minimum Gasteiger partial charge on any atom is -0.350 e. The van der Waals surface area contributed by atoms with Crippen LogP contribution in [0.2, 0.25) is 0 Å². The van der Waals surface area contributed by atoms with Gasteiger partial charge in [0.2, 0.25) is 5.91 Å². The van der Waals surface area contributed by atoms with E-state index in [2.05, 4.69) is 52.3 Å². The quantitative estimate of drug-likeness (QED) is 0.189. The van der Waals surface area contributed by atoms with E-state index in [9.17, 15) is 10.1 Å². The van der Waals surface area contributed by atoms with Crippen LogP contribution in [0.1, 0.15) is 66.2 Å². The van der Waals surface area contributed by atoms with Gasteiger partial charge in [-0.3, -0.25) is 14.6 Å². The largest absolute Gasteiger partial charge is 0.350 e. The number of halogens is 1. The molecular formula is C31H61FN8O. The summed E-state index contributed by atoms with van der Waals surface area (Å²) in [5.41, 5.74) is 6.20. The number of nitrogens with two attached hydrogens (primary N) is 1. The van der Waals surface area contributed by atoms with E-state index in [1.807, 2.05) is 39.9 Å². The number of amides is 1. The van der Waals surface area contributed by atoms with Crippen LogP contribution in [0.25, 0.3) is 0 Å². The van der Waals surface area contributed by atoms with Crippen molar-refractivity contribution in [3.63, 3.8) is 0 Å². The smallest absolute Gasteiger partial charge is 0.227 e. The minimum atomic E-state index is -1.05. The third kappa shape index (κ3) is 10.4. The SMILES string of the molecule is CCCCCCCC(CN(C)C(C)C(C(=O)NC1CNCC(F)C1N1CCN(C)CC1)C(N)N(C)C)C(C)(C)C#N. The number of hydrogen-bond donors (Lipinski definition) is 3. The van der Waals surface area contributed by atoms with Crippen LogP contribution in [0, 0.1) is 28.6 Å². The number of hydrogen-bond acceptors (Lipinski definition) is 8. The Bertz CT molecular complexity index is 812. The highest BCUT2D eigenvalue weighted by Gasteiger charge is 2.42. The lowest BCUT2D eigenvalue weighted by molar-refractivity contribution is -0.131. The fraction of sp³-hybridized carbons (Fsp3) is 0.935. The van der Waals surface area contributed by atoms with E-state index < -0.39 is 23.7 Å². The second kappa shape index (κ2) is 17.1. The fourth-order valence-electron chi connectivity index (χ4n) is 6.42. The molecule has 1 amide bonds. The number of piperazine rings is 1. The molecule has 0 aliphatic carbocycles. The van der Waals surface area contributed by atoms with Crippen molar-refractivity contribution in [1.82, 2.24) is 30.2 Å². The van der Waals surface area contributed by atoms with Crippen LogP contribution in [-0.2, 0) is 4.79 Å². The molecule has 10 heteroatoms. The van der Waals surface area contributed by atoms with Gasteiger partial charge in [0.25, 0.3) is 0 Å². The molecule has 2 heterocycles. The Morgan fingerprint density at radius 2 is 1.78 bits per heavy atom. The summed E-state index contributed by atoms with van der Waals surface area (Å²) in [7, 11) is 7.91. The number of rotatable bonds is 16. The highest BCUT2D eigenvalue weighted by atomic mass is 19.1. The van der Waals surface area contributed by atoms with Gasteiger partial charge in [-0.15, -0.1) is 0 Å². The molecule has 4 N–H and O–H groups in total. The molecule has 2 aliphatic rings. The molecule has 0 aromatic rings. The zero-order valence-electron chi connectivity index (χ0n) is 27.3. The van der Waals surface area contributed by atoms with E-state index in [1.165, 1.54) is 25.7 Å². The highest BCUT2D eigenvalue weighted by Crippen LogP contribution is 2.32. The molecule has 0 aromatic carbocycles. The zero-order chi connectivity index (χ0) is 30.7. The standard InChI is InChI=1S/C31H61FN8O/c1-9-10-11-12-13-14-24(31(3,4)22-33)21-39(8)23(2)27(29(34)37(5)6)30(41)36-26-20-35-19-25(32)28(26)40-17-15-38(7)16-18-40/h23-29,35H,9-21,34H2,1-8H3,(H,36,41). The number of carbonyl (C=O) groups excluding carboxylic acids is 1. The molecule has 0 saturated carbocycles. The summed E-state index contributed by atoms with van der Waals surface area (Å²) in [6.45, 7) is 13.3. The number of nitrogens with zero attached hydrogens (tertiary/aromatic N) is 5. The van der Waals surface area contributed by atoms with Crippen molar-refractivity contribution in [1.29, 1.82) is 5.26 Å². The molecule has 41 heavy (non-hydrogen) atoms. The molecule has 2 saturated heterocycles. The topological polar surface area (TPSA) is 104 Å². The molecule has 2 rings (SSSR count). The Hall–Kier alpha value is -1.35. The molecule has 2 aliphatic heterocycles. The van der Waals surface area contributed by atoms with Crippen LogP contribution in [0.5, 0.6) is 0 Å². The molecule has 7 unspecified atom stereocenters. The number of alkyl halides is 1. The third-order valence-electron chi connectivity index (χ3n) is 9.73. The van der Waals surface area contributed by atoms with Gasteiger partial charge in [0.1, 0.15) is 6.17 Å². The van der Waals surface area contributed by atoms with Gasteiger partial charge in [0.15, 0.2) is 0 Å². The van der Waals surface area contributed by atoms with Crippen LogP contribution < -0.4 is 16.4 Å². The first kappa shape index (κ1) is 35.8. The molecule has 0 radical (unpaired) electrons. The van der Waals surface area contributed by atoms with Crippen LogP contribution in [-0.4, -0.2) is 130 Å². The second-order valence-corrected chi connectivity index (χ2v) is 13.5. The predicted octanol–water partition coefficient (Wildman–Crippen LogP) is 2.34. The van der Waals surface area contributed by atoms with Gasteiger partial charge in [-0.05, 0) is 61.3 Å². The van der Waals surface area contributed by atoms with Crippen molar-refractivity contribution in [2.75, 3.05) is 74.0 Å². The molecule has 0 aromatic heterocycles. The molecule has 0 spiro atoms. The Balaban J connectivity index is 2.18. The van der Waals surface area contributed by atoms with Crippen molar-refractivity contribution in [2.45, 2.75) is 96.7 Å². The second-order valence-electron chi connectivity index (χ2n) is 13.5. The van der Waals surface area contributed by atoms with Gasteiger partial charge in [0, 0.05) is 51.9 Å². The van der Waals surface area contributed by atoms with Gasteiger partial charge in [-0.1, -0.05) is 39.0 Å². The molecule has 0 bridgehead atoms. The van der Waals surface area contributed by atoms with E-state index in [4.69, 9.17) is 5.73 Å². The number of unbranched alkanes of at least 4 members (excludes halogenated alkanes) is 4. The lowest BCUT2D eigenvalue weighted by atomic mass is 9.76. The monoisotopic (exact) mass is 580 g/mol. The first-order valence-electron chi connectivity index (χ1n) is 15.9. The minimum absolute atomic E-state index is 0.138. The summed E-state index contributed by atoms with van der Waals surface area (Å²) in [6.07, 6.45) is 5.39. The number of nitrogens with one attached hydrogen (secondary N) is 2. The Labute approximate surface area is 250 Å². The summed E-state index contributed by atoms with van der Waals surface area (Å²) >= 11 is 0. The molecular weight excluding hydrogens is 519 g/mol. The zero-order valence-corrected chi connectivity index (χ0v) is 27.3. The van der Waals surface area contributed by atoms with Crippen molar-refractivity contribution in [3.8, 4) is 6.07 Å². The molecule has 7 atom stereocenters. The third-order valence-corrected chi connectivity index (χ3v) is 9.73. The first-order valence-corrected chi connectivity index (χ1v) is 15.9. The van der Waals surface area contributed by atoms with E-state index in [0.29, 0.717) is 19.6 Å². The number of likely N-dealkylation sites (N-methyl/N-ethyl adjacent to an activating group) is 1. The molecule has 9 nitrogen and oxygen atoms in total. The highest BCUT2D eigenvalue weighted by molar-refractivity contribution is 5.80. The van der Waals surface area contributed by atoms with Gasteiger partial charge >= 0.3 is 0 Å². The lowest BCUT2D eigenvalue weighted by Crippen LogP contribution is -2.68. The fourth-order valence-corrected chi connectivity index (χ4v) is 6.42. The summed E-state index contributed by atoms with van der Waals surface area (Å²) in [5, 5.41) is 16.4. The Kier molecular flexibility index (Phi) is 14.9. The number of nitriles is 1. The van der Waals surface area contributed by atoms with Crippen LogP contribution in [0.4, 0.5) is 4.39 Å². The van der Waals surface area contributed by atoms with Crippen LogP contribution in [0.15, 0.2) is 0 Å². The Morgan fingerprint density at radius 3 is 2.37 bits per heavy atom. The van der Waals surface area contributed by atoms with E-state index >= 15 is 4.39 Å². The van der Waals surface area contributed by atoms with Gasteiger partial charge < -0.3 is 26.2 Å². The van der Waals surface area contributed by atoms with Crippen molar-refractivity contribution >= 4 is 5.91 Å². The summed E-state index contributed by atoms with van der Waals surface area (Å²) in [4.78, 5) is 22.6. The maximum atomic E-state index is 15.3. The summed E-state index contributed by atoms with van der Waals surface area (Å²) in [6, 6.07) is 1.67. The first-order chi connectivity index (χ1) is 19.3. The number of piperidine rings is 1. The summed E-state index contributed by atoms with van der Waals surface area (Å²) in [5.74, 6) is -0.489. The van der Waals surface area contributed by atoms with Crippen molar-refractivity contribution < 1.29 is 9.18 Å². The molecule has 238 valence electrons. The number of carbonyl (C=O) groups is 1. The van der Waals surface area contributed by atoms with Gasteiger partial charge in [-0.2, -0.15) is 5.26 Å². The average Bonchev–Trinajstić information content (AvgIpc) is 2.92. The normalized spacial score (nSPS) is 26.0. The maximum Gasteiger partial charge on any atom is 0.227 e. The van der Waals surface area contributed by atoms with Crippen LogP contribution >= 0.6 is 0 Å². The van der Waals surface area contributed by atoms with Crippen molar-refractivity contribution in [2.24, 2.45) is 23.0 Å². The summed E-state index contributed by atoms with van der Waals surface area (Å²) < 4.78 is 15.3.